The summed E-state index contributed by atoms with van der Waals surface area (Å²) in [5.74, 6) is -1.37. The molecule has 1 amide bonds. The van der Waals surface area contributed by atoms with Gasteiger partial charge in [-0.2, -0.15) is 5.10 Å². The number of hydrogen-bond acceptors (Lipinski definition) is 6. The number of thiazole rings is 1. The molecule has 0 aliphatic carbocycles. The number of aromatic nitrogens is 3. The Hall–Kier alpha value is -2.55. The molecule has 0 spiro atoms. The second-order valence-electron chi connectivity index (χ2n) is 5.29. The van der Waals surface area contributed by atoms with Crippen LogP contribution in [0.2, 0.25) is 0 Å². The number of hydrogen-bond donors (Lipinski definition) is 2. The lowest BCUT2D eigenvalue weighted by Gasteiger charge is -2.06. The quantitative estimate of drug-likeness (QED) is 0.726. The van der Waals surface area contributed by atoms with E-state index in [4.69, 9.17) is 5.11 Å². The van der Waals surface area contributed by atoms with Crippen LogP contribution in [-0.4, -0.2) is 44.1 Å². The fourth-order valence-electron chi connectivity index (χ4n) is 2.39. The summed E-state index contributed by atoms with van der Waals surface area (Å²) in [6, 6.07) is 0. The highest BCUT2D eigenvalue weighted by atomic mass is 32.1. The van der Waals surface area contributed by atoms with Crippen molar-refractivity contribution in [1.82, 2.24) is 20.1 Å². The second-order valence-corrected chi connectivity index (χ2v) is 6.23. The van der Waals surface area contributed by atoms with Gasteiger partial charge in [0.15, 0.2) is 11.5 Å². The average molecular weight is 350 g/mol. The minimum atomic E-state index is -1.06. The van der Waals surface area contributed by atoms with Crippen LogP contribution in [0.5, 0.6) is 0 Å². The van der Waals surface area contributed by atoms with Crippen molar-refractivity contribution in [2.45, 2.75) is 33.7 Å². The van der Waals surface area contributed by atoms with Gasteiger partial charge in [0.25, 0.3) is 0 Å². The van der Waals surface area contributed by atoms with Gasteiger partial charge in [-0.1, -0.05) is 0 Å². The van der Waals surface area contributed by atoms with Crippen LogP contribution in [0.1, 0.15) is 44.2 Å². The largest absolute Gasteiger partial charge is 0.476 e. The van der Waals surface area contributed by atoms with E-state index in [1.54, 1.807) is 13.8 Å². The standard InChI is InChI=1S/C15H18N4O4S/c1-8-14(10(3)20)9(2)19(18-8)6-12(21)16-5-4-13-17-11(7-24-13)15(22)23/h7H,4-6H2,1-3H3,(H,16,21)(H,22,23). The number of carboxylic acid groups (broad SMARTS) is 1. The van der Waals surface area contributed by atoms with E-state index in [1.165, 1.54) is 28.3 Å². The number of carbonyl (C=O) groups excluding carboxylic acids is 2. The number of amides is 1. The summed E-state index contributed by atoms with van der Waals surface area (Å²) in [6.07, 6.45) is 0.458. The van der Waals surface area contributed by atoms with E-state index in [1.807, 2.05) is 0 Å². The number of aromatic carboxylic acids is 1. The first kappa shape index (κ1) is 17.8. The van der Waals surface area contributed by atoms with E-state index in [2.05, 4.69) is 15.4 Å². The summed E-state index contributed by atoms with van der Waals surface area (Å²) in [7, 11) is 0. The topological polar surface area (TPSA) is 114 Å². The maximum Gasteiger partial charge on any atom is 0.355 e. The van der Waals surface area contributed by atoms with E-state index < -0.39 is 5.97 Å². The molecule has 0 fully saturated rings. The first-order chi connectivity index (χ1) is 11.3. The monoisotopic (exact) mass is 350 g/mol. The smallest absolute Gasteiger partial charge is 0.355 e. The fourth-order valence-corrected chi connectivity index (χ4v) is 3.16. The lowest BCUT2D eigenvalue weighted by atomic mass is 10.1. The van der Waals surface area contributed by atoms with Crippen LogP contribution in [0, 0.1) is 13.8 Å². The summed E-state index contributed by atoms with van der Waals surface area (Å²) < 4.78 is 1.51. The first-order valence-electron chi connectivity index (χ1n) is 7.29. The molecule has 0 radical (unpaired) electrons. The van der Waals surface area contributed by atoms with Gasteiger partial charge in [0.05, 0.1) is 16.3 Å². The van der Waals surface area contributed by atoms with Gasteiger partial charge in [0.2, 0.25) is 5.91 Å². The average Bonchev–Trinajstić information content (AvgIpc) is 3.04. The van der Waals surface area contributed by atoms with Crippen LogP contribution >= 0.6 is 11.3 Å². The van der Waals surface area contributed by atoms with Gasteiger partial charge >= 0.3 is 5.97 Å². The lowest BCUT2D eigenvalue weighted by molar-refractivity contribution is -0.121. The van der Waals surface area contributed by atoms with Crippen molar-refractivity contribution in [2.75, 3.05) is 6.54 Å². The van der Waals surface area contributed by atoms with E-state index >= 15 is 0 Å². The molecule has 0 atom stereocenters. The van der Waals surface area contributed by atoms with E-state index in [0.29, 0.717) is 34.9 Å². The predicted molar refractivity (Wildman–Crippen MR) is 87.5 cm³/mol. The number of carbonyl (C=O) groups is 3. The van der Waals surface area contributed by atoms with Gasteiger partial charge in [-0.05, 0) is 20.8 Å². The van der Waals surface area contributed by atoms with Gasteiger partial charge < -0.3 is 10.4 Å². The summed E-state index contributed by atoms with van der Waals surface area (Å²) >= 11 is 1.25. The number of ketones is 1. The molecule has 0 saturated carbocycles. The van der Waals surface area contributed by atoms with Gasteiger partial charge in [0, 0.05) is 24.0 Å². The molecule has 2 aromatic heterocycles. The summed E-state index contributed by atoms with van der Waals surface area (Å²) in [6.45, 7) is 5.34. The molecular formula is C15H18N4O4S. The Morgan fingerprint density at radius 1 is 1.33 bits per heavy atom. The van der Waals surface area contributed by atoms with Crippen molar-refractivity contribution < 1.29 is 19.5 Å². The molecule has 0 aliphatic rings. The van der Waals surface area contributed by atoms with Crippen molar-refractivity contribution in [3.63, 3.8) is 0 Å². The number of nitrogens with one attached hydrogen (secondary N) is 1. The maximum atomic E-state index is 12.0. The fraction of sp³-hybridized carbons (Fsp3) is 0.400. The van der Waals surface area contributed by atoms with E-state index in [9.17, 15) is 14.4 Å². The Kier molecular flexibility index (Phi) is 5.45. The third kappa shape index (κ3) is 4.05. The van der Waals surface area contributed by atoms with Crippen LogP contribution in [0.15, 0.2) is 5.38 Å². The number of carboxylic acids is 1. The zero-order chi connectivity index (χ0) is 17.9. The second kappa shape index (κ2) is 7.35. The third-order valence-corrected chi connectivity index (χ3v) is 4.37. The van der Waals surface area contributed by atoms with Crippen molar-refractivity contribution >= 4 is 29.0 Å². The molecule has 0 aromatic carbocycles. The summed E-state index contributed by atoms with van der Waals surface area (Å²) in [5, 5.41) is 17.9. The summed E-state index contributed by atoms with van der Waals surface area (Å²) in [4.78, 5) is 38.3. The van der Waals surface area contributed by atoms with Crippen LogP contribution < -0.4 is 5.32 Å². The van der Waals surface area contributed by atoms with Crippen LogP contribution in [-0.2, 0) is 17.8 Å². The summed E-state index contributed by atoms with van der Waals surface area (Å²) in [5.41, 5.74) is 1.84. The first-order valence-corrected chi connectivity index (χ1v) is 8.17. The molecule has 9 heteroatoms. The molecule has 2 rings (SSSR count). The van der Waals surface area contributed by atoms with Crippen molar-refractivity contribution in [1.29, 1.82) is 0 Å². The number of rotatable bonds is 7. The normalized spacial score (nSPS) is 10.6. The van der Waals surface area contributed by atoms with Gasteiger partial charge in [0.1, 0.15) is 6.54 Å². The highest BCUT2D eigenvalue weighted by Gasteiger charge is 2.16. The number of nitrogens with zero attached hydrogens (tertiary/aromatic N) is 3. The molecule has 0 aliphatic heterocycles. The van der Waals surface area contributed by atoms with Crippen LogP contribution in [0.4, 0.5) is 0 Å². The Labute approximate surface area is 142 Å². The van der Waals surface area contributed by atoms with Gasteiger partial charge in [-0.25, -0.2) is 9.78 Å². The maximum absolute atomic E-state index is 12.0. The molecule has 24 heavy (non-hydrogen) atoms. The molecule has 128 valence electrons. The number of Topliss-reactive ketones (excluding diaryl/α,β-unsaturated/α-hetero) is 1. The molecule has 2 aromatic rings. The highest BCUT2D eigenvalue weighted by molar-refractivity contribution is 7.09. The predicted octanol–water partition coefficient (Wildman–Crippen LogP) is 1.22. The van der Waals surface area contributed by atoms with Gasteiger partial charge in [-0.3, -0.25) is 14.3 Å². The Morgan fingerprint density at radius 2 is 2.04 bits per heavy atom. The molecule has 2 N–H and O–H groups in total. The Morgan fingerprint density at radius 3 is 2.58 bits per heavy atom. The van der Waals surface area contributed by atoms with Crippen molar-refractivity contribution in [3.05, 3.63) is 33.0 Å². The minimum absolute atomic E-state index is 0.0146. The molecule has 2 heterocycles. The zero-order valence-electron chi connectivity index (χ0n) is 13.6. The van der Waals surface area contributed by atoms with Crippen LogP contribution in [0.25, 0.3) is 0 Å². The SMILES string of the molecule is CC(=O)c1c(C)nn(CC(=O)NCCc2nc(C(=O)O)cs2)c1C. The third-order valence-electron chi connectivity index (χ3n) is 3.46. The number of aryl methyl sites for hydroxylation is 1. The zero-order valence-corrected chi connectivity index (χ0v) is 14.4. The Balaban J connectivity index is 1.88. The van der Waals surface area contributed by atoms with E-state index in [0.717, 1.165) is 0 Å². The van der Waals surface area contributed by atoms with Crippen LogP contribution in [0.3, 0.4) is 0 Å². The molecule has 0 bridgehead atoms. The molecular weight excluding hydrogens is 332 g/mol. The van der Waals surface area contributed by atoms with Crippen molar-refractivity contribution in [2.24, 2.45) is 0 Å². The molecule has 8 nitrogen and oxygen atoms in total. The van der Waals surface area contributed by atoms with Crippen molar-refractivity contribution in [3.8, 4) is 0 Å². The lowest BCUT2D eigenvalue weighted by Crippen LogP contribution is -2.30. The minimum Gasteiger partial charge on any atom is -0.476 e. The Bertz CT molecular complexity index is 793. The molecule has 0 saturated heterocycles. The molecule has 0 unspecified atom stereocenters. The van der Waals surface area contributed by atoms with E-state index in [-0.39, 0.29) is 23.9 Å². The highest BCUT2D eigenvalue weighted by Crippen LogP contribution is 2.13. The van der Waals surface area contributed by atoms with Gasteiger partial charge in [-0.15, -0.1) is 11.3 Å².